The van der Waals surface area contributed by atoms with Gasteiger partial charge in [-0.15, -0.1) is 5.10 Å². The second kappa shape index (κ2) is 9.95. The SMILES string of the molecule is C=N/C=C(\OCC(=O)NC1C[C@@H](Cn2ccnn2)N(C#N)C1)c1cccc(C(F)(F)F)c1. The topological polar surface area (TPSA) is 108 Å². The molecule has 1 amide bonds. The van der Waals surface area contributed by atoms with E-state index in [9.17, 15) is 23.2 Å². The molecule has 0 spiro atoms. The van der Waals surface area contributed by atoms with E-state index in [1.165, 1.54) is 18.3 Å². The molecule has 2 atom stereocenters. The van der Waals surface area contributed by atoms with Crippen LogP contribution < -0.4 is 5.32 Å². The second-order valence-corrected chi connectivity index (χ2v) is 7.07. The van der Waals surface area contributed by atoms with Gasteiger partial charge in [-0.3, -0.25) is 14.5 Å². The summed E-state index contributed by atoms with van der Waals surface area (Å²) in [5.74, 6) is -0.494. The van der Waals surface area contributed by atoms with E-state index >= 15 is 0 Å². The van der Waals surface area contributed by atoms with E-state index in [2.05, 4.69) is 33.5 Å². The summed E-state index contributed by atoms with van der Waals surface area (Å²) < 4.78 is 46.0. The number of ether oxygens (including phenoxy) is 1. The van der Waals surface area contributed by atoms with Gasteiger partial charge in [0, 0.05) is 24.3 Å². The van der Waals surface area contributed by atoms with Crippen LogP contribution in [0.4, 0.5) is 13.2 Å². The number of carbonyl (C=O) groups is 1. The van der Waals surface area contributed by atoms with Crippen LogP contribution in [0, 0.1) is 11.5 Å². The van der Waals surface area contributed by atoms with Crippen LogP contribution in [0.3, 0.4) is 0 Å². The normalized spacial score (nSPS) is 18.8. The van der Waals surface area contributed by atoms with Crippen molar-refractivity contribution < 1.29 is 22.7 Å². The van der Waals surface area contributed by atoms with Gasteiger partial charge in [0.1, 0.15) is 5.76 Å². The number of nitriles is 1. The second-order valence-electron chi connectivity index (χ2n) is 7.07. The summed E-state index contributed by atoms with van der Waals surface area (Å²) in [6.07, 6.45) is 2.47. The fourth-order valence-corrected chi connectivity index (χ4v) is 3.40. The standard InChI is InChI=1S/C20H20F3N7O2/c1-25-9-18(14-3-2-4-15(7-14)20(21,22)23)32-12-19(31)27-16-8-17(29(10-16)13-24)11-30-6-5-26-28-30/h2-7,9,16-17H,1,8,10-12H2,(H,27,31)/b18-9-/t16?,17-/m0/s1. The molecule has 1 aliphatic heterocycles. The number of likely N-dealkylation sites (tertiary alicyclic amines) is 1. The number of aromatic nitrogens is 3. The lowest BCUT2D eigenvalue weighted by Gasteiger charge is -2.16. The number of nitrogens with zero attached hydrogens (tertiary/aromatic N) is 6. The minimum Gasteiger partial charge on any atom is -0.482 e. The number of nitrogens with one attached hydrogen (secondary N) is 1. The van der Waals surface area contributed by atoms with Crippen molar-refractivity contribution in [2.45, 2.75) is 31.2 Å². The molecular weight excluding hydrogens is 427 g/mol. The van der Waals surface area contributed by atoms with Crippen LogP contribution in [0.2, 0.25) is 0 Å². The summed E-state index contributed by atoms with van der Waals surface area (Å²) in [6.45, 7) is 3.62. The van der Waals surface area contributed by atoms with Crippen molar-refractivity contribution in [2.75, 3.05) is 13.2 Å². The Morgan fingerprint density at radius 3 is 2.94 bits per heavy atom. The van der Waals surface area contributed by atoms with Gasteiger partial charge in [0.15, 0.2) is 12.8 Å². The number of halogens is 3. The molecule has 32 heavy (non-hydrogen) atoms. The number of rotatable bonds is 8. The molecule has 2 heterocycles. The summed E-state index contributed by atoms with van der Waals surface area (Å²) in [5, 5.41) is 19.7. The van der Waals surface area contributed by atoms with E-state index < -0.39 is 24.3 Å². The Kier molecular flexibility index (Phi) is 7.09. The highest BCUT2D eigenvalue weighted by Crippen LogP contribution is 2.31. The first-order chi connectivity index (χ1) is 15.3. The first kappa shape index (κ1) is 22.8. The van der Waals surface area contributed by atoms with Crippen molar-refractivity contribution in [1.29, 1.82) is 5.26 Å². The molecule has 2 aromatic rings. The zero-order valence-corrected chi connectivity index (χ0v) is 16.9. The lowest BCUT2D eigenvalue weighted by molar-refractivity contribution is -0.137. The summed E-state index contributed by atoms with van der Waals surface area (Å²) in [4.78, 5) is 17.5. The molecule has 1 unspecified atom stereocenters. The van der Waals surface area contributed by atoms with Gasteiger partial charge in [-0.05, 0) is 25.3 Å². The van der Waals surface area contributed by atoms with Crippen LogP contribution in [-0.2, 0) is 22.3 Å². The average molecular weight is 447 g/mol. The van der Waals surface area contributed by atoms with Crippen molar-refractivity contribution in [3.63, 3.8) is 0 Å². The lowest BCUT2D eigenvalue weighted by Crippen LogP contribution is -2.38. The molecule has 1 aliphatic rings. The number of hydrogen-bond acceptors (Lipinski definition) is 7. The van der Waals surface area contributed by atoms with Crippen LogP contribution in [0.15, 0.2) is 47.9 Å². The zero-order chi connectivity index (χ0) is 23.1. The van der Waals surface area contributed by atoms with E-state index in [4.69, 9.17) is 4.74 Å². The monoisotopic (exact) mass is 447 g/mol. The van der Waals surface area contributed by atoms with Crippen LogP contribution in [0.25, 0.3) is 5.76 Å². The highest BCUT2D eigenvalue weighted by Gasteiger charge is 2.33. The first-order valence-corrected chi connectivity index (χ1v) is 9.56. The summed E-state index contributed by atoms with van der Waals surface area (Å²) >= 11 is 0. The predicted octanol–water partition coefficient (Wildman–Crippen LogP) is 2.05. The fourth-order valence-electron chi connectivity index (χ4n) is 3.40. The van der Waals surface area contributed by atoms with Crippen LogP contribution in [0.5, 0.6) is 0 Å². The third kappa shape index (κ3) is 5.84. The molecule has 12 heteroatoms. The van der Waals surface area contributed by atoms with E-state index in [-0.39, 0.29) is 23.4 Å². The Morgan fingerprint density at radius 1 is 1.47 bits per heavy atom. The summed E-state index contributed by atoms with van der Waals surface area (Å²) in [7, 11) is 0. The fraction of sp³-hybridized carbons (Fsp3) is 0.350. The Bertz CT molecular complexity index is 1010. The van der Waals surface area contributed by atoms with Gasteiger partial charge in [0.05, 0.1) is 30.5 Å². The molecule has 1 fully saturated rings. The van der Waals surface area contributed by atoms with E-state index in [1.807, 2.05) is 0 Å². The van der Waals surface area contributed by atoms with Crippen molar-refractivity contribution in [3.05, 3.63) is 54.0 Å². The van der Waals surface area contributed by atoms with Crippen LogP contribution in [0.1, 0.15) is 17.5 Å². The highest BCUT2D eigenvalue weighted by atomic mass is 19.4. The number of amides is 1. The van der Waals surface area contributed by atoms with Crippen molar-refractivity contribution in [1.82, 2.24) is 25.2 Å². The summed E-state index contributed by atoms with van der Waals surface area (Å²) in [5.41, 5.74) is -0.733. The van der Waals surface area contributed by atoms with Gasteiger partial charge in [-0.2, -0.15) is 18.4 Å². The Hall–Kier alpha value is -3.88. The molecule has 1 aromatic carbocycles. The number of alkyl halides is 3. The van der Waals surface area contributed by atoms with Crippen molar-refractivity contribution >= 4 is 18.4 Å². The van der Waals surface area contributed by atoms with Crippen molar-refractivity contribution in [2.24, 2.45) is 4.99 Å². The summed E-state index contributed by atoms with van der Waals surface area (Å²) in [6, 6.07) is 4.05. The number of benzene rings is 1. The van der Waals surface area contributed by atoms with Crippen LogP contribution >= 0.6 is 0 Å². The molecule has 9 nitrogen and oxygen atoms in total. The zero-order valence-electron chi connectivity index (χ0n) is 16.9. The maximum Gasteiger partial charge on any atom is 0.416 e. The first-order valence-electron chi connectivity index (χ1n) is 9.56. The molecule has 0 bridgehead atoms. The van der Waals surface area contributed by atoms with E-state index in [0.717, 1.165) is 18.3 Å². The number of aliphatic imine (C=N–C) groups is 1. The number of carbonyl (C=O) groups excluding carboxylic acids is 1. The average Bonchev–Trinajstić information content (AvgIpc) is 3.40. The van der Waals surface area contributed by atoms with E-state index in [0.29, 0.717) is 19.5 Å². The van der Waals surface area contributed by atoms with Gasteiger partial charge in [-0.1, -0.05) is 17.3 Å². The maximum atomic E-state index is 13.0. The third-order valence-electron chi connectivity index (χ3n) is 4.82. The van der Waals surface area contributed by atoms with E-state index in [1.54, 1.807) is 15.8 Å². The Morgan fingerprint density at radius 2 is 2.28 bits per heavy atom. The molecular formula is C20H20F3N7O2. The van der Waals surface area contributed by atoms with Crippen molar-refractivity contribution in [3.8, 4) is 6.19 Å². The molecule has 0 aliphatic carbocycles. The molecule has 1 N–H and O–H groups in total. The molecule has 1 aromatic heterocycles. The minimum atomic E-state index is -4.52. The Balaban J connectivity index is 1.58. The Labute approximate surface area is 181 Å². The molecule has 3 rings (SSSR count). The quantitative estimate of drug-likeness (QED) is 0.377. The smallest absolute Gasteiger partial charge is 0.416 e. The molecule has 0 saturated carbocycles. The molecule has 168 valence electrons. The van der Waals surface area contributed by atoms with Gasteiger partial charge >= 0.3 is 6.18 Å². The van der Waals surface area contributed by atoms with Gasteiger partial charge in [0.25, 0.3) is 5.91 Å². The highest BCUT2D eigenvalue weighted by molar-refractivity contribution is 5.78. The predicted molar refractivity (Wildman–Crippen MR) is 108 cm³/mol. The lowest BCUT2D eigenvalue weighted by atomic mass is 10.1. The minimum absolute atomic E-state index is 0.0182. The third-order valence-corrected chi connectivity index (χ3v) is 4.82. The largest absolute Gasteiger partial charge is 0.482 e. The van der Waals surface area contributed by atoms with Gasteiger partial charge in [-0.25, -0.2) is 0 Å². The van der Waals surface area contributed by atoms with Gasteiger partial charge < -0.3 is 15.0 Å². The van der Waals surface area contributed by atoms with Crippen LogP contribution in [-0.4, -0.2) is 57.8 Å². The maximum absolute atomic E-state index is 13.0. The molecule has 1 saturated heterocycles. The van der Waals surface area contributed by atoms with Gasteiger partial charge in [0.2, 0.25) is 0 Å². The number of hydrogen-bond donors (Lipinski definition) is 1. The molecule has 0 radical (unpaired) electrons.